The van der Waals surface area contributed by atoms with Crippen molar-refractivity contribution < 1.29 is 9.53 Å². The van der Waals surface area contributed by atoms with Gasteiger partial charge in [0.15, 0.2) is 0 Å². The minimum Gasteiger partial charge on any atom is -0.492 e. The number of amides is 1. The zero-order chi connectivity index (χ0) is 19.3. The average molecular weight is 398 g/mol. The van der Waals surface area contributed by atoms with Gasteiger partial charge in [-0.05, 0) is 62.3 Å². The van der Waals surface area contributed by atoms with Gasteiger partial charge in [-0.3, -0.25) is 14.5 Å². The molecule has 2 N–H and O–H groups in total. The Morgan fingerprint density at radius 1 is 1.14 bits per heavy atom. The van der Waals surface area contributed by atoms with Gasteiger partial charge in [0.25, 0.3) is 11.5 Å². The summed E-state index contributed by atoms with van der Waals surface area (Å²) in [5.41, 5.74) is 0.521. The number of carbonyl (C=O) groups excluding carboxylic acids is 1. The highest BCUT2D eigenvalue weighted by Gasteiger charge is 2.13. The minimum atomic E-state index is -0.223. The van der Waals surface area contributed by atoms with Crippen molar-refractivity contribution in [2.45, 2.75) is 19.3 Å². The lowest BCUT2D eigenvalue weighted by molar-refractivity contribution is 0.103. The van der Waals surface area contributed by atoms with Crippen LogP contribution in [0.1, 0.15) is 28.9 Å². The lowest BCUT2D eigenvalue weighted by Gasteiger charge is -2.26. The van der Waals surface area contributed by atoms with Crippen molar-refractivity contribution in [1.82, 2.24) is 9.88 Å². The molecule has 1 fully saturated rings. The van der Waals surface area contributed by atoms with E-state index >= 15 is 0 Å². The predicted octanol–water partition coefficient (Wildman–Crippen LogP) is 3.71. The molecule has 6 nitrogen and oxygen atoms in total. The largest absolute Gasteiger partial charge is 0.492 e. The number of ether oxygens (including phenoxy) is 1. The molecule has 2 aromatic heterocycles. The molecular formula is C21H23N3O3S. The molecule has 0 aliphatic carbocycles. The first kappa shape index (κ1) is 18.7. The van der Waals surface area contributed by atoms with Crippen LogP contribution in [0.25, 0.3) is 10.1 Å². The zero-order valence-electron chi connectivity index (χ0n) is 15.6. The Kier molecular flexibility index (Phi) is 5.73. The van der Waals surface area contributed by atoms with E-state index in [2.05, 4.69) is 15.2 Å². The molecule has 146 valence electrons. The van der Waals surface area contributed by atoms with Gasteiger partial charge >= 0.3 is 0 Å². The SMILES string of the molecule is O=C(Nc1ccc(OCCN2CCCCC2)cc1)c1cc2cc[nH]c(=O)c2s1. The number of nitrogens with one attached hydrogen (secondary N) is 2. The quantitative estimate of drug-likeness (QED) is 0.665. The van der Waals surface area contributed by atoms with Gasteiger partial charge in [-0.15, -0.1) is 11.3 Å². The van der Waals surface area contributed by atoms with E-state index in [1.54, 1.807) is 18.3 Å². The summed E-state index contributed by atoms with van der Waals surface area (Å²) in [4.78, 5) is 29.9. The van der Waals surface area contributed by atoms with Gasteiger partial charge in [0.2, 0.25) is 0 Å². The summed E-state index contributed by atoms with van der Waals surface area (Å²) in [6, 6.07) is 10.9. The van der Waals surface area contributed by atoms with Crippen LogP contribution in [-0.4, -0.2) is 42.0 Å². The number of carbonyl (C=O) groups is 1. The molecular weight excluding hydrogens is 374 g/mol. The highest BCUT2D eigenvalue weighted by molar-refractivity contribution is 7.20. The number of piperidine rings is 1. The van der Waals surface area contributed by atoms with Crippen molar-refractivity contribution in [3.63, 3.8) is 0 Å². The molecule has 1 aromatic carbocycles. The van der Waals surface area contributed by atoms with Gasteiger partial charge in [-0.25, -0.2) is 0 Å². The molecule has 1 amide bonds. The highest BCUT2D eigenvalue weighted by atomic mass is 32.1. The summed E-state index contributed by atoms with van der Waals surface area (Å²) >= 11 is 1.19. The van der Waals surface area contributed by atoms with Crippen LogP contribution in [0.5, 0.6) is 5.75 Å². The Morgan fingerprint density at radius 2 is 1.93 bits per heavy atom. The van der Waals surface area contributed by atoms with E-state index in [1.165, 1.54) is 30.6 Å². The summed E-state index contributed by atoms with van der Waals surface area (Å²) in [6.45, 7) is 3.95. The second-order valence-corrected chi connectivity index (χ2v) is 7.98. The lowest BCUT2D eigenvalue weighted by atomic mass is 10.1. The highest BCUT2D eigenvalue weighted by Crippen LogP contribution is 2.23. The van der Waals surface area contributed by atoms with E-state index in [0.717, 1.165) is 30.8 Å². The summed E-state index contributed by atoms with van der Waals surface area (Å²) in [6.07, 6.45) is 5.48. The second-order valence-electron chi connectivity index (χ2n) is 6.93. The molecule has 0 unspecified atom stereocenters. The fraction of sp³-hybridized carbons (Fsp3) is 0.333. The molecule has 3 heterocycles. The topological polar surface area (TPSA) is 74.4 Å². The number of aromatic amines is 1. The molecule has 4 rings (SSSR count). The minimum absolute atomic E-state index is 0.174. The number of H-pyrrole nitrogens is 1. The normalized spacial score (nSPS) is 14.9. The van der Waals surface area contributed by atoms with Crippen LogP contribution >= 0.6 is 11.3 Å². The van der Waals surface area contributed by atoms with Crippen molar-refractivity contribution in [2.75, 3.05) is 31.6 Å². The monoisotopic (exact) mass is 397 g/mol. The number of likely N-dealkylation sites (tertiary alicyclic amines) is 1. The lowest BCUT2D eigenvalue weighted by Crippen LogP contribution is -2.33. The fourth-order valence-electron chi connectivity index (χ4n) is 3.39. The maximum Gasteiger partial charge on any atom is 0.265 e. The Balaban J connectivity index is 1.32. The molecule has 0 atom stereocenters. The van der Waals surface area contributed by atoms with E-state index in [9.17, 15) is 9.59 Å². The molecule has 1 aliphatic heterocycles. The van der Waals surface area contributed by atoms with Crippen LogP contribution in [0, 0.1) is 0 Å². The average Bonchev–Trinajstić information content (AvgIpc) is 3.16. The summed E-state index contributed by atoms with van der Waals surface area (Å²) in [7, 11) is 0. The van der Waals surface area contributed by atoms with E-state index < -0.39 is 0 Å². The molecule has 0 radical (unpaired) electrons. The molecule has 7 heteroatoms. The van der Waals surface area contributed by atoms with Crippen molar-refractivity contribution in [3.05, 3.63) is 57.8 Å². The Morgan fingerprint density at radius 3 is 2.68 bits per heavy atom. The molecule has 1 saturated heterocycles. The first-order valence-corrected chi connectivity index (χ1v) is 10.4. The third-order valence-electron chi connectivity index (χ3n) is 4.91. The Labute approximate surface area is 167 Å². The van der Waals surface area contributed by atoms with Gasteiger partial charge in [-0.2, -0.15) is 0 Å². The Bertz CT molecular complexity index is 1000. The predicted molar refractivity (Wildman–Crippen MR) is 113 cm³/mol. The van der Waals surface area contributed by atoms with Crippen molar-refractivity contribution >= 4 is 33.0 Å². The van der Waals surface area contributed by atoms with Gasteiger partial charge in [-0.1, -0.05) is 6.42 Å². The Hall–Kier alpha value is -2.64. The standard InChI is InChI=1S/C21H23N3O3S/c25-20(18-14-15-8-9-22-21(26)19(15)28-18)23-16-4-6-17(7-5-16)27-13-12-24-10-2-1-3-11-24/h4-9,14H,1-3,10-13H2,(H,22,26)(H,23,25). The summed E-state index contributed by atoms with van der Waals surface area (Å²) in [5, 5.41) is 3.64. The molecule has 28 heavy (non-hydrogen) atoms. The number of thiophene rings is 1. The van der Waals surface area contributed by atoms with E-state index in [1.807, 2.05) is 24.3 Å². The van der Waals surface area contributed by atoms with Crippen LogP contribution in [0.15, 0.2) is 47.4 Å². The molecule has 0 spiro atoms. The van der Waals surface area contributed by atoms with Crippen LogP contribution in [-0.2, 0) is 0 Å². The van der Waals surface area contributed by atoms with Gasteiger partial charge in [0.1, 0.15) is 17.1 Å². The van der Waals surface area contributed by atoms with E-state index in [-0.39, 0.29) is 11.5 Å². The number of nitrogens with zero attached hydrogens (tertiary/aromatic N) is 1. The molecule has 1 aliphatic rings. The van der Waals surface area contributed by atoms with Gasteiger partial charge in [0, 0.05) is 23.8 Å². The van der Waals surface area contributed by atoms with Crippen LogP contribution in [0.3, 0.4) is 0 Å². The molecule has 3 aromatic rings. The van der Waals surface area contributed by atoms with Gasteiger partial charge < -0.3 is 15.0 Å². The number of benzene rings is 1. The number of pyridine rings is 1. The van der Waals surface area contributed by atoms with E-state index in [0.29, 0.717) is 21.9 Å². The van der Waals surface area contributed by atoms with E-state index in [4.69, 9.17) is 4.74 Å². The maximum absolute atomic E-state index is 12.5. The maximum atomic E-state index is 12.5. The smallest absolute Gasteiger partial charge is 0.265 e. The number of anilines is 1. The van der Waals surface area contributed by atoms with Crippen molar-refractivity contribution in [1.29, 1.82) is 0 Å². The third-order valence-corrected chi connectivity index (χ3v) is 6.05. The zero-order valence-corrected chi connectivity index (χ0v) is 16.4. The first-order valence-electron chi connectivity index (χ1n) is 9.57. The van der Waals surface area contributed by atoms with Gasteiger partial charge in [0.05, 0.1) is 4.88 Å². The number of hydrogen-bond donors (Lipinski definition) is 2. The van der Waals surface area contributed by atoms with Crippen molar-refractivity contribution in [3.8, 4) is 5.75 Å². The van der Waals surface area contributed by atoms with Crippen LogP contribution in [0.2, 0.25) is 0 Å². The summed E-state index contributed by atoms with van der Waals surface area (Å²) < 4.78 is 6.38. The summed E-state index contributed by atoms with van der Waals surface area (Å²) in [5.74, 6) is 0.572. The number of aromatic nitrogens is 1. The second kappa shape index (κ2) is 8.58. The van der Waals surface area contributed by atoms with Crippen molar-refractivity contribution in [2.24, 2.45) is 0 Å². The third kappa shape index (κ3) is 4.43. The fourth-order valence-corrected chi connectivity index (χ4v) is 4.34. The van der Waals surface area contributed by atoms with Crippen LogP contribution in [0.4, 0.5) is 5.69 Å². The number of rotatable bonds is 6. The first-order chi connectivity index (χ1) is 13.7. The molecule has 0 bridgehead atoms. The number of fused-ring (bicyclic) bond motifs is 1. The van der Waals surface area contributed by atoms with Crippen LogP contribution < -0.4 is 15.6 Å². The number of hydrogen-bond acceptors (Lipinski definition) is 5. The molecule has 0 saturated carbocycles.